The maximum Gasteiger partial charge on any atom is 0.430 e. The maximum absolute atomic E-state index is 12.5. The third kappa shape index (κ3) is 2.28. The highest BCUT2D eigenvalue weighted by atomic mass is 79.9. The Morgan fingerprint density at radius 2 is 1.44 bits per heavy atom. The van der Waals surface area contributed by atoms with Crippen LogP contribution in [0.3, 0.4) is 0 Å². The second kappa shape index (κ2) is 4.30. The summed E-state index contributed by atoms with van der Waals surface area (Å²) in [6.45, 7) is 0. The van der Waals surface area contributed by atoms with Crippen molar-refractivity contribution in [1.29, 1.82) is 0 Å². The molecule has 0 aliphatic heterocycles. The summed E-state index contributed by atoms with van der Waals surface area (Å²) in [6.07, 6.45) is -11.8. The lowest BCUT2D eigenvalue weighted by atomic mass is 9.92. The zero-order valence-electron chi connectivity index (χ0n) is 8.40. The van der Waals surface area contributed by atoms with Crippen molar-refractivity contribution >= 4 is 21.6 Å². The molecule has 1 aromatic rings. The van der Waals surface area contributed by atoms with Gasteiger partial charge in [0.15, 0.2) is 0 Å². The summed E-state index contributed by atoms with van der Waals surface area (Å²) in [6, 6.07) is 2.15. The molecule has 3 N–H and O–H groups in total. The van der Waals surface area contributed by atoms with E-state index >= 15 is 0 Å². The highest BCUT2D eigenvalue weighted by Crippen LogP contribution is 2.51. The fourth-order valence-corrected chi connectivity index (χ4v) is 1.97. The van der Waals surface area contributed by atoms with Crippen LogP contribution in [-0.2, 0) is 5.60 Å². The largest absolute Gasteiger partial charge is 0.430 e. The minimum absolute atomic E-state index is 0.0441. The Balaban J connectivity index is 3.56. The SMILES string of the molecule is Nc1ccc(C(O)(C(F)(F)F)C(F)(F)F)c(Br)c1. The van der Waals surface area contributed by atoms with E-state index in [-0.39, 0.29) is 5.69 Å². The van der Waals surface area contributed by atoms with Crippen molar-refractivity contribution in [2.75, 3.05) is 5.73 Å². The number of benzene rings is 1. The molecule has 0 radical (unpaired) electrons. The van der Waals surface area contributed by atoms with Crippen molar-refractivity contribution in [3.8, 4) is 0 Å². The van der Waals surface area contributed by atoms with E-state index in [0.29, 0.717) is 6.07 Å². The summed E-state index contributed by atoms with van der Waals surface area (Å²) in [5.74, 6) is 0. The second-order valence-electron chi connectivity index (χ2n) is 3.45. The quantitative estimate of drug-likeness (QED) is 0.609. The predicted molar refractivity (Wildman–Crippen MR) is 54.6 cm³/mol. The number of hydrogen-bond acceptors (Lipinski definition) is 2. The number of aliphatic hydroxyl groups is 1. The summed E-state index contributed by atoms with van der Waals surface area (Å²) in [5.41, 5.74) is -1.15. The Morgan fingerprint density at radius 1 is 1.00 bits per heavy atom. The predicted octanol–water partition coefficient (Wildman–Crippen LogP) is 3.34. The van der Waals surface area contributed by atoms with Crippen LogP contribution in [-0.4, -0.2) is 17.5 Å². The Morgan fingerprint density at radius 3 is 1.78 bits per heavy atom. The highest BCUT2D eigenvalue weighted by molar-refractivity contribution is 9.10. The molecule has 0 spiro atoms. The number of halogens is 7. The number of alkyl halides is 6. The first-order valence-corrected chi connectivity index (χ1v) is 5.12. The van der Waals surface area contributed by atoms with E-state index in [2.05, 4.69) is 15.9 Å². The Bertz CT molecular complexity index is 441. The van der Waals surface area contributed by atoms with Crippen LogP contribution in [0.2, 0.25) is 0 Å². The number of nitrogen functional groups attached to an aromatic ring is 1. The molecule has 0 bridgehead atoms. The fraction of sp³-hybridized carbons (Fsp3) is 0.333. The van der Waals surface area contributed by atoms with Gasteiger partial charge in [0.05, 0.1) is 0 Å². The lowest BCUT2D eigenvalue weighted by molar-refractivity contribution is -0.376. The van der Waals surface area contributed by atoms with Crippen molar-refractivity contribution in [3.05, 3.63) is 28.2 Å². The van der Waals surface area contributed by atoms with Gasteiger partial charge in [0.25, 0.3) is 5.60 Å². The summed E-state index contributed by atoms with van der Waals surface area (Å²) in [5, 5.41) is 9.11. The maximum atomic E-state index is 12.5. The van der Waals surface area contributed by atoms with Gasteiger partial charge >= 0.3 is 12.4 Å². The number of rotatable bonds is 1. The molecule has 9 heteroatoms. The van der Waals surface area contributed by atoms with Gasteiger partial charge in [-0.1, -0.05) is 22.0 Å². The van der Waals surface area contributed by atoms with Crippen LogP contribution in [0.1, 0.15) is 5.56 Å². The molecule has 0 heterocycles. The molecule has 18 heavy (non-hydrogen) atoms. The summed E-state index contributed by atoms with van der Waals surface area (Å²) in [7, 11) is 0. The van der Waals surface area contributed by atoms with Crippen LogP contribution >= 0.6 is 15.9 Å². The van der Waals surface area contributed by atoms with Gasteiger partial charge in [0.2, 0.25) is 0 Å². The Labute approximate surface area is 106 Å². The standard InChI is InChI=1S/C9H6BrF6NO/c10-6-3-4(17)1-2-5(6)7(18,8(11,12)13)9(14,15)16/h1-3,18H,17H2. The Hall–Kier alpha value is -0.960. The number of hydrogen-bond donors (Lipinski definition) is 2. The topological polar surface area (TPSA) is 46.2 Å². The van der Waals surface area contributed by atoms with Crippen LogP contribution in [0.25, 0.3) is 0 Å². The molecule has 0 unspecified atom stereocenters. The zero-order chi connectivity index (χ0) is 14.4. The summed E-state index contributed by atoms with van der Waals surface area (Å²) in [4.78, 5) is 0. The van der Waals surface area contributed by atoms with Crippen LogP contribution in [0.15, 0.2) is 22.7 Å². The van der Waals surface area contributed by atoms with Gasteiger partial charge in [0.1, 0.15) is 0 Å². The van der Waals surface area contributed by atoms with Crippen LogP contribution in [0, 0.1) is 0 Å². The minimum atomic E-state index is -5.91. The van der Waals surface area contributed by atoms with Crippen molar-refractivity contribution in [2.45, 2.75) is 18.0 Å². The molecular weight excluding hydrogens is 332 g/mol. The smallest absolute Gasteiger partial charge is 0.399 e. The van der Waals surface area contributed by atoms with Crippen molar-refractivity contribution in [1.82, 2.24) is 0 Å². The first kappa shape index (κ1) is 15.1. The second-order valence-corrected chi connectivity index (χ2v) is 4.30. The average Bonchev–Trinajstić information content (AvgIpc) is 2.12. The van der Waals surface area contributed by atoms with Gasteiger partial charge in [-0.05, 0) is 12.1 Å². The third-order valence-electron chi connectivity index (χ3n) is 2.20. The Kier molecular flexibility index (Phi) is 3.61. The lowest BCUT2D eigenvalue weighted by Gasteiger charge is -2.33. The van der Waals surface area contributed by atoms with Gasteiger partial charge in [-0.3, -0.25) is 0 Å². The van der Waals surface area contributed by atoms with Crippen LogP contribution in [0.4, 0.5) is 32.0 Å². The van der Waals surface area contributed by atoms with E-state index in [1.54, 1.807) is 0 Å². The summed E-state index contributed by atoms with van der Waals surface area (Å²) >= 11 is 2.53. The van der Waals surface area contributed by atoms with E-state index in [0.717, 1.165) is 12.1 Å². The van der Waals surface area contributed by atoms with Gasteiger partial charge in [-0.15, -0.1) is 0 Å². The van der Waals surface area contributed by atoms with E-state index in [1.807, 2.05) is 0 Å². The van der Waals surface area contributed by atoms with Gasteiger partial charge < -0.3 is 10.8 Å². The minimum Gasteiger partial charge on any atom is -0.399 e. The average molecular weight is 338 g/mol. The van der Waals surface area contributed by atoms with E-state index in [9.17, 15) is 26.3 Å². The molecule has 0 atom stereocenters. The lowest BCUT2D eigenvalue weighted by Crippen LogP contribution is -2.54. The molecule has 0 amide bonds. The van der Waals surface area contributed by atoms with Crippen LogP contribution in [0.5, 0.6) is 0 Å². The molecule has 0 fully saturated rings. The number of nitrogens with two attached hydrogens (primary N) is 1. The third-order valence-corrected chi connectivity index (χ3v) is 2.86. The normalized spacial score (nSPS) is 13.8. The monoisotopic (exact) mass is 337 g/mol. The first-order valence-electron chi connectivity index (χ1n) is 4.32. The van der Waals surface area contributed by atoms with Gasteiger partial charge in [-0.25, -0.2) is 0 Å². The fourth-order valence-electron chi connectivity index (χ4n) is 1.29. The first-order chi connectivity index (χ1) is 7.91. The molecule has 0 aliphatic rings. The number of anilines is 1. The molecular formula is C9H6BrF6NO. The molecule has 2 nitrogen and oxygen atoms in total. The highest BCUT2D eigenvalue weighted by Gasteiger charge is 2.71. The van der Waals surface area contributed by atoms with Gasteiger partial charge in [-0.2, -0.15) is 26.3 Å². The zero-order valence-corrected chi connectivity index (χ0v) is 9.99. The molecule has 0 aromatic heterocycles. The van der Waals surface area contributed by atoms with Crippen molar-refractivity contribution in [3.63, 3.8) is 0 Å². The van der Waals surface area contributed by atoms with Crippen LogP contribution < -0.4 is 5.73 Å². The van der Waals surface area contributed by atoms with E-state index in [4.69, 9.17) is 10.8 Å². The van der Waals surface area contributed by atoms with Gasteiger partial charge in [0, 0.05) is 15.7 Å². The van der Waals surface area contributed by atoms with Crippen molar-refractivity contribution < 1.29 is 31.4 Å². The molecule has 1 aromatic carbocycles. The molecule has 0 saturated carbocycles. The van der Waals surface area contributed by atoms with Crippen molar-refractivity contribution in [2.24, 2.45) is 0 Å². The molecule has 0 saturated heterocycles. The molecule has 0 aliphatic carbocycles. The molecule has 102 valence electrons. The molecule has 1 rings (SSSR count). The van der Waals surface area contributed by atoms with E-state index in [1.165, 1.54) is 0 Å². The summed E-state index contributed by atoms with van der Waals surface area (Å²) < 4.78 is 74.7. The van der Waals surface area contributed by atoms with E-state index < -0.39 is 28.0 Å².